The number of halogens is 1. The minimum Gasteiger partial charge on any atom is -0.492 e. The summed E-state index contributed by atoms with van der Waals surface area (Å²) >= 11 is 5.98. The molecule has 2 rings (SSSR count). The number of amides is 1. The molecule has 0 bridgehead atoms. The molecule has 0 saturated heterocycles. The Balaban J connectivity index is 2.14. The van der Waals surface area contributed by atoms with E-state index in [2.05, 4.69) is 0 Å². The fourth-order valence-electron chi connectivity index (χ4n) is 1.30. The van der Waals surface area contributed by atoms with Crippen molar-refractivity contribution in [1.29, 1.82) is 0 Å². The molecule has 0 atom stereocenters. The topological polar surface area (TPSA) is 52.3 Å². The fraction of sp³-hybridized carbons (Fsp3) is 0.364. The molecule has 80 valence electrons. The van der Waals surface area contributed by atoms with E-state index in [0.717, 1.165) is 0 Å². The molecule has 0 heterocycles. The van der Waals surface area contributed by atoms with Crippen LogP contribution in [0.2, 0.25) is 5.02 Å². The SMILES string of the molecule is NC(=O)c1cccc(OCC2CC2)c1Cl. The van der Waals surface area contributed by atoms with Crippen LogP contribution >= 0.6 is 11.6 Å². The van der Waals surface area contributed by atoms with Gasteiger partial charge >= 0.3 is 0 Å². The Kier molecular flexibility index (Phi) is 2.82. The lowest BCUT2D eigenvalue weighted by molar-refractivity contribution is 0.1000. The molecule has 0 unspecified atom stereocenters. The summed E-state index contributed by atoms with van der Waals surface area (Å²) in [6.45, 7) is 0.669. The van der Waals surface area contributed by atoms with Crippen molar-refractivity contribution in [3.8, 4) is 5.75 Å². The van der Waals surface area contributed by atoms with Gasteiger partial charge in [-0.25, -0.2) is 0 Å². The number of rotatable bonds is 4. The van der Waals surface area contributed by atoms with E-state index in [9.17, 15) is 4.79 Å². The molecular weight excluding hydrogens is 214 g/mol. The third-order valence-corrected chi connectivity index (χ3v) is 2.79. The number of benzene rings is 1. The third kappa shape index (κ3) is 2.42. The van der Waals surface area contributed by atoms with Crippen molar-refractivity contribution in [2.24, 2.45) is 11.7 Å². The highest BCUT2D eigenvalue weighted by molar-refractivity contribution is 6.35. The molecule has 1 saturated carbocycles. The van der Waals surface area contributed by atoms with Crippen LogP contribution < -0.4 is 10.5 Å². The minimum atomic E-state index is -0.531. The van der Waals surface area contributed by atoms with Gasteiger partial charge in [-0.1, -0.05) is 17.7 Å². The van der Waals surface area contributed by atoms with E-state index in [1.54, 1.807) is 18.2 Å². The Hall–Kier alpha value is -1.22. The molecular formula is C11H12ClNO2. The predicted molar refractivity (Wildman–Crippen MR) is 58.2 cm³/mol. The monoisotopic (exact) mass is 225 g/mol. The molecule has 2 N–H and O–H groups in total. The number of carbonyl (C=O) groups is 1. The maximum atomic E-state index is 11.0. The summed E-state index contributed by atoms with van der Waals surface area (Å²) in [6, 6.07) is 5.06. The number of hydrogen-bond acceptors (Lipinski definition) is 2. The molecule has 1 fully saturated rings. The summed E-state index contributed by atoms with van der Waals surface area (Å²) in [7, 11) is 0. The summed E-state index contributed by atoms with van der Waals surface area (Å²) in [4.78, 5) is 11.0. The maximum Gasteiger partial charge on any atom is 0.250 e. The van der Waals surface area contributed by atoms with Crippen molar-refractivity contribution in [3.63, 3.8) is 0 Å². The molecule has 1 amide bonds. The fourth-order valence-corrected chi connectivity index (χ4v) is 1.58. The van der Waals surface area contributed by atoms with Gasteiger partial charge in [0.25, 0.3) is 0 Å². The molecule has 1 aromatic carbocycles. The molecule has 4 heteroatoms. The highest BCUT2D eigenvalue weighted by Gasteiger charge is 2.22. The van der Waals surface area contributed by atoms with Crippen LogP contribution in [0.25, 0.3) is 0 Å². The summed E-state index contributed by atoms with van der Waals surface area (Å²) in [5.41, 5.74) is 5.48. The van der Waals surface area contributed by atoms with Crippen LogP contribution in [0, 0.1) is 5.92 Å². The van der Waals surface area contributed by atoms with E-state index in [1.165, 1.54) is 12.8 Å². The van der Waals surface area contributed by atoms with E-state index in [-0.39, 0.29) is 0 Å². The van der Waals surface area contributed by atoms with Crippen LogP contribution in [0.5, 0.6) is 5.75 Å². The molecule has 0 aliphatic heterocycles. The lowest BCUT2D eigenvalue weighted by atomic mass is 10.2. The second-order valence-electron chi connectivity index (χ2n) is 3.74. The van der Waals surface area contributed by atoms with Crippen molar-refractivity contribution in [2.45, 2.75) is 12.8 Å². The predicted octanol–water partition coefficient (Wildman–Crippen LogP) is 2.23. The zero-order chi connectivity index (χ0) is 10.8. The molecule has 3 nitrogen and oxygen atoms in total. The van der Waals surface area contributed by atoms with Crippen LogP contribution in [0.3, 0.4) is 0 Å². The lowest BCUT2D eigenvalue weighted by Gasteiger charge is -2.08. The molecule has 1 aliphatic carbocycles. The summed E-state index contributed by atoms with van der Waals surface area (Å²) in [5.74, 6) is 0.662. The largest absolute Gasteiger partial charge is 0.492 e. The first-order chi connectivity index (χ1) is 7.18. The zero-order valence-corrected chi connectivity index (χ0v) is 8.96. The summed E-state index contributed by atoms with van der Waals surface area (Å²) < 4.78 is 5.51. The van der Waals surface area contributed by atoms with E-state index < -0.39 is 5.91 Å². The number of hydrogen-bond donors (Lipinski definition) is 1. The van der Waals surface area contributed by atoms with Gasteiger partial charge in [0.15, 0.2) is 0 Å². The first-order valence-corrected chi connectivity index (χ1v) is 5.27. The smallest absolute Gasteiger partial charge is 0.250 e. The van der Waals surface area contributed by atoms with Crippen molar-refractivity contribution >= 4 is 17.5 Å². The Morgan fingerprint density at radius 2 is 2.27 bits per heavy atom. The second-order valence-corrected chi connectivity index (χ2v) is 4.11. The van der Waals surface area contributed by atoms with Crippen LogP contribution in [0.15, 0.2) is 18.2 Å². The Bertz CT molecular complexity index is 388. The number of ether oxygens (including phenoxy) is 1. The van der Waals surface area contributed by atoms with Gasteiger partial charge in [-0.15, -0.1) is 0 Å². The lowest BCUT2D eigenvalue weighted by Crippen LogP contribution is -2.12. The molecule has 15 heavy (non-hydrogen) atoms. The number of carbonyl (C=O) groups excluding carboxylic acids is 1. The van der Waals surface area contributed by atoms with Crippen LogP contribution in [-0.2, 0) is 0 Å². The summed E-state index contributed by atoms with van der Waals surface area (Å²) in [5, 5.41) is 0.311. The van der Waals surface area contributed by atoms with Gasteiger partial charge in [0.1, 0.15) is 5.75 Å². The van der Waals surface area contributed by atoms with Crippen LogP contribution in [0.4, 0.5) is 0 Å². The van der Waals surface area contributed by atoms with E-state index in [1.807, 2.05) is 0 Å². The van der Waals surface area contributed by atoms with Crippen molar-refractivity contribution in [1.82, 2.24) is 0 Å². The zero-order valence-electron chi connectivity index (χ0n) is 8.20. The second kappa shape index (κ2) is 4.11. The highest BCUT2D eigenvalue weighted by atomic mass is 35.5. The quantitative estimate of drug-likeness (QED) is 0.854. The standard InChI is InChI=1S/C11H12ClNO2/c12-10-8(11(13)14)2-1-3-9(10)15-6-7-4-5-7/h1-3,7H,4-6H2,(H2,13,14). The Morgan fingerprint density at radius 1 is 1.53 bits per heavy atom. The third-order valence-electron chi connectivity index (χ3n) is 2.40. The van der Waals surface area contributed by atoms with Crippen molar-refractivity contribution in [3.05, 3.63) is 28.8 Å². The molecule has 0 aromatic heterocycles. The van der Waals surface area contributed by atoms with Crippen molar-refractivity contribution < 1.29 is 9.53 Å². The highest BCUT2D eigenvalue weighted by Crippen LogP contribution is 2.32. The van der Waals surface area contributed by atoms with Crippen LogP contribution in [0.1, 0.15) is 23.2 Å². The normalized spacial score (nSPS) is 15.0. The summed E-state index contributed by atoms with van der Waals surface area (Å²) in [6.07, 6.45) is 2.43. The first-order valence-electron chi connectivity index (χ1n) is 4.89. The maximum absolute atomic E-state index is 11.0. The Morgan fingerprint density at radius 3 is 2.87 bits per heavy atom. The minimum absolute atomic E-state index is 0.310. The van der Waals surface area contributed by atoms with Crippen molar-refractivity contribution in [2.75, 3.05) is 6.61 Å². The van der Waals surface area contributed by atoms with Gasteiger partial charge < -0.3 is 10.5 Å². The van der Waals surface area contributed by atoms with Gasteiger partial charge in [-0.3, -0.25) is 4.79 Å². The average Bonchev–Trinajstić information content (AvgIpc) is 2.99. The van der Waals surface area contributed by atoms with E-state index in [4.69, 9.17) is 22.1 Å². The average molecular weight is 226 g/mol. The van der Waals surface area contributed by atoms with Gasteiger partial charge in [0.05, 0.1) is 17.2 Å². The molecule has 0 radical (unpaired) electrons. The molecule has 0 spiro atoms. The van der Waals surface area contributed by atoms with Gasteiger partial charge in [0, 0.05) is 0 Å². The van der Waals surface area contributed by atoms with Crippen LogP contribution in [-0.4, -0.2) is 12.5 Å². The van der Waals surface area contributed by atoms with Gasteiger partial charge in [0.2, 0.25) is 5.91 Å². The first kappa shape index (κ1) is 10.3. The van der Waals surface area contributed by atoms with Gasteiger partial charge in [-0.05, 0) is 30.9 Å². The van der Waals surface area contributed by atoms with E-state index in [0.29, 0.717) is 28.9 Å². The number of primary amides is 1. The van der Waals surface area contributed by atoms with Gasteiger partial charge in [-0.2, -0.15) is 0 Å². The Labute approximate surface area is 93.2 Å². The van der Waals surface area contributed by atoms with E-state index >= 15 is 0 Å². The molecule has 1 aliphatic rings. The molecule has 1 aromatic rings. The number of nitrogens with two attached hydrogens (primary N) is 1.